The van der Waals surface area contributed by atoms with Crippen LogP contribution in [0, 0.1) is 0 Å². The second kappa shape index (κ2) is 7.38. The van der Waals surface area contributed by atoms with Gasteiger partial charge in [0.05, 0.1) is 12.6 Å². The Balaban J connectivity index is 1.52. The number of likely N-dealkylation sites (tertiary alicyclic amines) is 1. The van der Waals surface area contributed by atoms with Crippen molar-refractivity contribution >= 4 is 23.1 Å². The van der Waals surface area contributed by atoms with Gasteiger partial charge in [0, 0.05) is 23.6 Å². The molecule has 2 aliphatic rings. The Morgan fingerprint density at radius 3 is 2.77 bits per heavy atom. The van der Waals surface area contributed by atoms with E-state index in [0.717, 1.165) is 49.2 Å². The summed E-state index contributed by atoms with van der Waals surface area (Å²) in [7, 11) is 0. The highest BCUT2D eigenvalue weighted by Crippen LogP contribution is 2.32. The SMILES string of the molecule is O=C(Nc1ccc2c(c1)Nc1ccccc1CC2)N1CCCC[C@@H]1CO. The molecule has 1 saturated heterocycles. The van der Waals surface area contributed by atoms with Crippen LogP contribution in [-0.4, -0.2) is 35.2 Å². The minimum Gasteiger partial charge on any atom is -0.394 e. The molecule has 2 amide bonds. The molecule has 26 heavy (non-hydrogen) atoms. The zero-order valence-corrected chi connectivity index (χ0v) is 14.9. The number of hydrogen-bond acceptors (Lipinski definition) is 3. The zero-order valence-electron chi connectivity index (χ0n) is 14.9. The molecule has 0 aromatic heterocycles. The lowest BCUT2D eigenvalue weighted by Crippen LogP contribution is -2.47. The van der Waals surface area contributed by atoms with Crippen LogP contribution in [0.3, 0.4) is 0 Å². The third kappa shape index (κ3) is 3.40. The second-order valence-corrected chi connectivity index (χ2v) is 7.11. The van der Waals surface area contributed by atoms with Crippen LogP contribution < -0.4 is 10.6 Å². The number of urea groups is 1. The molecular weight excluding hydrogens is 326 g/mol. The van der Waals surface area contributed by atoms with Crippen molar-refractivity contribution in [2.45, 2.75) is 38.1 Å². The lowest BCUT2D eigenvalue weighted by Gasteiger charge is -2.34. The number of aryl methyl sites for hydroxylation is 2. The van der Waals surface area contributed by atoms with Crippen LogP contribution in [0.1, 0.15) is 30.4 Å². The van der Waals surface area contributed by atoms with E-state index in [0.29, 0.717) is 6.54 Å². The highest BCUT2D eigenvalue weighted by atomic mass is 16.3. The number of anilines is 3. The summed E-state index contributed by atoms with van der Waals surface area (Å²) < 4.78 is 0. The number of para-hydroxylation sites is 1. The van der Waals surface area contributed by atoms with Crippen LogP contribution in [0.5, 0.6) is 0 Å². The molecule has 5 nitrogen and oxygen atoms in total. The fraction of sp³-hybridized carbons (Fsp3) is 0.381. The first-order valence-electron chi connectivity index (χ1n) is 9.41. The Morgan fingerprint density at radius 1 is 1.12 bits per heavy atom. The van der Waals surface area contributed by atoms with Crippen LogP contribution in [-0.2, 0) is 12.8 Å². The molecule has 2 aromatic rings. The third-order valence-electron chi connectivity index (χ3n) is 5.41. The Morgan fingerprint density at radius 2 is 1.92 bits per heavy atom. The van der Waals surface area contributed by atoms with E-state index in [-0.39, 0.29) is 18.7 Å². The highest BCUT2D eigenvalue weighted by Gasteiger charge is 2.26. The molecule has 3 N–H and O–H groups in total. The number of carbonyl (C=O) groups excluding carboxylic acids is 1. The number of benzene rings is 2. The number of carbonyl (C=O) groups is 1. The summed E-state index contributed by atoms with van der Waals surface area (Å²) in [6, 6.07) is 14.2. The van der Waals surface area contributed by atoms with E-state index in [1.807, 2.05) is 18.2 Å². The molecular formula is C21H25N3O2. The first-order valence-corrected chi connectivity index (χ1v) is 9.41. The van der Waals surface area contributed by atoms with E-state index >= 15 is 0 Å². The fourth-order valence-corrected chi connectivity index (χ4v) is 3.92. The highest BCUT2D eigenvalue weighted by molar-refractivity contribution is 5.90. The molecule has 0 saturated carbocycles. The van der Waals surface area contributed by atoms with E-state index in [2.05, 4.69) is 34.9 Å². The molecule has 136 valence electrons. The van der Waals surface area contributed by atoms with Gasteiger partial charge in [-0.15, -0.1) is 0 Å². The summed E-state index contributed by atoms with van der Waals surface area (Å²) in [5.74, 6) is 0. The zero-order chi connectivity index (χ0) is 17.9. The summed E-state index contributed by atoms with van der Waals surface area (Å²) in [6.45, 7) is 0.726. The maximum Gasteiger partial charge on any atom is 0.322 e. The van der Waals surface area contributed by atoms with Crippen molar-refractivity contribution in [3.05, 3.63) is 53.6 Å². The summed E-state index contributed by atoms with van der Waals surface area (Å²) in [5.41, 5.74) is 5.53. The van der Waals surface area contributed by atoms with E-state index in [1.165, 1.54) is 11.1 Å². The molecule has 1 fully saturated rings. The minimum absolute atomic E-state index is 0.0238. The average Bonchev–Trinajstić information content (AvgIpc) is 2.86. The van der Waals surface area contributed by atoms with Gasteiger partial charge >= 0.3 is 6.03 Å². The number of aliphatic hydroxyl groups excluding tert-OH is 1. The third-order valence-corrected chi connectivity index (χ3v) is 5.41. The van der Waals surface area contributed by atoms with Crippen molar-refractivity contribution in [3.8, 4) is 0 Å². The number of hydrogen-bond donors (Lipinski definition) is 3. The fourth-order valence-electron chi connectivity index (χ4n) is 3.92. The van der Waals surface area contributed by atoms with Crippen molar-refractivity contribution in [2.75, 3.05) is 23.8 Å². The van der Waals surface area contributed by atoms with Gasteiger partial charge in [-0.05, 0) is 61.4 Å². The number of nitrogens with zero attached hydrogens (tertiary/aromatic N) is 1. The van der Waals surface area contributed by atoms with E-state index in [1.54, 1.807) is 4.90 Å². The number of aliphatic hydroxyl groups is 1. The van der Waals surface area contributed by atoms with Gasteiger partial charge in [-0.1, -0.05) is 24.3 Å². The predicted molar refractivity (Wildman–Crippen MR) is 104 cm³/mol. The van der Waals surface area contributed by atoms with E-state index in [4.69, 9.17) is 0 Å². The molecule has 0 radical (unpaired) electrons. The predicted octanol–water partition coefficient (Wildman–Crippen LogP) is 3.91. The summed E-state index contributed by atoms with van der Waals surface area (Å²) in [4.78, 5) is 14.4. The Labute approximate surface area is 154 Å². The molecule has 0 unspecified atom stereocenters. The number of fused-ring (bicyclic) bond motifs is 2. The van der Waals surface area contributed by atoms with Crippen LogP contribution in [0.25, 0.3) is 0 Å². The van der Waals surface area contributed by atoms with Crippen molar-refractivity contribution in [1.29, 1.82) is 0 Å². The Bertz CT molecular complexity index is 806. The van der Waals surface area contributed by atoms with Gasteiger partial charge in [0.15, 0.2) is 0 Å². The van der Waals surface area contributed by atoms with Gasteiger partial charge in [-0.25, -0.2) is 4.79 Å². The summed E-state index contributed by atoms with van der Waals surface area (Å²) in [6.07, 6.45) is 4.91. The van der Waals surface area contributed by atoms with Gasteiger partial charge in [-0.3, -0.25) is 0 Å². The summed E-state index contributed by atoms with van der Waals surface area (Å²) in [5, 5.41) is 16.0. The molecule has 2 aliphatic heterocycles. The maximum absolute atomic E-state index is 12.7. The first-order chi connectivity index (χ1) is 12.7. The standard InChI is InChI=1S/C21H25N3O2/c25-14-18-6-3-4-12-24(18)21(26)22-17-11-10-16-9-8-15-5-1-2-7-19(15)23-20(16)13-17/h1-2,5,7,10-11,13,18,23,25H,3-4,6,8-9,12,14H2,(H,22,26)/t18-/m1/s1. The molecule has 5 heteroatoms. The topological polar surface area (TPSA) is 64.6 Å². The monoisotopic (exact) mass is 351 g/mol. The van der Waals surface area contributed by atoms with Crippen LogP contribution in [0.15, 0.2) is 42.5 Å². The molecule has 4 rings (SSSR count). The van der Waals surface area contributed by atoms with Gasteiger partial charge < -0.3 is 20.6 Å². The molecule has 0 spiro atoms. The van der Waals surface area contributed by atoms with Gasteiger partial charge in [0.2, 0.25) is 0 Å². The lowest BCUT2D eigenvalue weighted by atomic mass is 10.0. The molecule has 2 heterocycles. The van der Waals surface area contributed by atoms with Crippen LogP contribution >= 0.6 is 0 Å². The van der Waals surface area contributed by atoms with Crippen molar-refractivity contribution in [1.82, 2.24) is 4.90 Å². The Hall–Kier alpha value is -2.53. The van der Waals surface area contributed by atoms with Crippen molar-refractivity contribution in [3.63, 3.8) is 0 Å². The largest absolute Gasteiger partial charge is 0.394 e. The Kier molecular flexibility index (Phi) is 4.80. The van der Waals surface area contributed by atoms with E-state index in [9.17, 15) is 9.90 Å². The first kappa shape index (κ1) is 16.9. The normalized spacial score (nSPS) is 19.0. The van der Waals surface area contributed by atoms with Gasteiger partial charge in [-0.2, -0.15) is 0 Å². The molecule has 2 aromatic carbocycles. The van der Waals surface area contributed by atoms with Gasteiger partial charge in [0.25, 0.3) is 0 Å². The summed E-state index contributed by atoms with van der Waals surface area (Å²) >= 11 is 0. The van der Waals surface area contributed by atoms with Crippen LogP contribution in [0.2, 0.25) is 0 Å². The lowest BCUT2D eigenvalue weighted by molar-refractivity contribution is 0.115. The van der Waals surface area contributed by atoms with Crippen LogP contribution in [0.4, 0.5) is 21.9 Å². The molecule has 0 bridgehead atoms. The van der Waals surface area contributed by atoms with Crippen molar-refractivity contribution in [2.24, 2.45) is 0 Å². The molecule has 1 atom stereocenters. The smallest absolute Gasteiger partial charge is 0.322 e. The number of rotatable bonds is 2. The maximum atomic E-state index is 12.7. The second-order valence-electron chi connectivity index (χ2n) is 7.11. The molecule has 0 aliphatic carbocycles. The van der Waals surface area contributed by atoms with E-state index < -0.39 is 0 Å². The number of nitrogens with one attached hydrogen (secondary N) is 2. The number of piperidine rings is 1. The number of amides is 2. The van der Waals surface area contributed by atoms with Gasteiger partial charge in [0.1, 0.15) is 0 Å². The minimum atomic E-state index is -0.127. The quantitative estimate of drug-likeness (QED) is 0.769. The average molecular weight is 351 g/mol. The van der Waals surface area contributed by atoms with Crippen molar-refractivity contribution < 1.29 is 9.90 Å².